The van der Waals surface area contributed by atoms with E-state index in [2.05, 4.69) is 9.97 Å². The lowest BCUT2D eigenvalue weighted by molar-refractivity contribution is 0.0996. The van der Waals surface area contributed by atoms with Gasteiger partial charge in [-0.15, -0.1) is 11.3 Å². The highest BCUT2D eigenvalue weighted by atomic mass is 32.1. The van der Waals surface area contributed by atoms with Gasteiger partial charge < -0.3 is 5.73 Å². The van der Waals surface area contributed by atoms with Gasteiger partial charge in [-0.05, 0) is 6.07 Å². The van der Waals surface area contributed by atoms with Crippen LogP contribution in [0.4, 0.5) is 0 Å². The second kappa shape index (κ2) is 2.53. The van der Waals surface area contributed by atoms with E-state index in [0.717, 1.165) is 10.2 Å². The third kappa shape index (κ3) is 1.04. The van der Waals surface area contributed by atoms with Crippen molar-refractivity contribution in [2.75, 3.05) is 0 Å². The zero-order valence-corrected chi connectivity index (χ0v) is 6.84. The Balaban J connectivity index is 2.68. The van der Waals surface area contributed by atoms with Crippen LogP contribution in [0, 0.1) is 0 Å². The predicted octanol–water partition coefficient (Wildman–Crippen LogP) is 0.790. The van der Waals surface area contributed by atoms with Gasteiger partial charge in [-0.25, -0.2) is 9.97 Å². The molecule has 2 N–H and O–H groups in total. The Bertz CT molecular complexity index is 437. The second-order valence-electron chi connectivity index (χ2n) is 2.25. The Morgan fingerprint density at radius 3 is 3.08 bits per heavy atom. The third-order valence-corrected chi connectivity index (χ3v) is 2.25. The Hall–Kier alpha value is -1.49. The summed E-state index contributed by atoms with van der Waals surface area (Å²) >= 11 is 1.48. The summed E-state index contributed by atoms with van der Waals surface area (Å²) in [7, 11) is 0. The standard InChI is InChI=1S/C7H5N3OS/c8-7(11)5-1-4-6(2-9-5)12-3-10-4/h1-3H,(H2,8,11). The van der Waals surface area contributed by atoms with Gasteiger partial charge in [0.1, 0.15) is 5.69 Å². The van der Waals surface area contributed by atoms with Gasteiger partial charge in [-0.2, -0.15) is 0 Å². The molecule has 0 fully saturated rings. The number of amides is 1. The number of thiazole rings is 1. The molecule has 0 spiro atoms. The number of hydrogen-bond acceptors (Lipinski definition) is 4. The summed E-state index contributed by atoms with van der Waals surface area (Å²) in [6.45, 7) is 0. The first-order valence-corrected chi connectivity index (χ1v) is 4.14. The first kappa shape index (κ1) is 7.17. The van der Waals surface area contributed by atoms with Gasteiger partial charge in [0.05, 0.1) is 15.7 Å². The number of nitrogens with two attached hydrogens (primary N) is 1. The Morgan fingerprint density at radius 1 is 1.50 bits per heavy atom. The molecule has 0 bridgehead atoms. The molecule has 2 aromatic rings. The quantitative estimate of drug-likeness (QED) is 0.703. The molecule has 0 saturated carbocycles. The number of fused-ring (bicyclic) bond motifs is 1. The van der Waals surface area contributed by atoms with Crippen LogP contribution in [0.3, 0.4) is 0 Å². The van der Waals surface area contributed by atoms with E-state index in [1.165, 1.54) is 11.3 Å². The summed E-state index contributed by atoms with van der Waals surface area (Å²) in [5.41, 5.74) is 7.78. The van der Waals surface area contributed by atoms with Crippen molar-refractivity contribution in [3.05, 3.63) is 23.5 Å². The van der Waals surface area contributed by atoms with Crippen LogP contribution >= 0.6 is 11.3 Å². The molecule has 2 aromatic heterocycles. The molecule has 0 aliphatic rings. The molecule has 60 valence electrons. The maximum Gasteiger partial charge on any atom is 0.267 e. The van der Waals surface area contributed by atoms with E-state index >= 15 is 0 Å². The van der Waals surface area contributed by atoms with Crippen LogP contribution in [-0.2, 0) is 0 Å². The van der Waals surface area contributed by atoms with Gasteiger partial charge in [0.15, 0.2) is 0 Å². The first-order valence-electron chi connectivity index (χ1n) is 3.26. The zero-order valence-electron chi connectivity index (χ0n) is 6.02. The summed E-state index contributed by atoms with van der Waals surface area (Å²) in [6, 6.07) is 1.59. The van der Waals surface area contributed by atoms with E-state index < -0.39 is 5.91 Å². The van der Waals surface area contributed by atoms with Gasteiger partial charge in [0.2, 0.25) is 0 Å². The van der Waals surface area contributed by atoms with Crippen LogP contribution < -0.4 is 5.73 Å². The van der Waals surface area contributed by atoms with Gasteiger partial charge in [-0.1, -0.05) is 0 Å². The van der Waals surface area contributed by atoms with Crippen molar-refractivity contribution >= 4 is 27.5 Å². The fourth-order valence-corrected chi connectivity index (χ4v) is 1.52. The molecule has 0 saturated heterocycles. The minimum atomic E-state index is -0.523. The monoisotopic (exact) mass is 179 g/mol. The molecule has 12 heavy (non-hydrogen) atoms. The Morgan fingerprint density at radius 2 is 2.33 bits per heavy atom. The molecular weight excluding hydrogens is 174 g/mol. The summed E-state index contributed by atoms with van der Waals surface area (Å²) in [6.07, 6.45) is 1.60. The van der Waals surface area contributed by atoms with Crippen LogP contribution in [0.2, 0.25) is 0 Å². The number of carbonyl (C=O) groups excluding carboxylic acids is 1. The highest BCUT2D eigenvalue weighted by Gasteiger charge is 2.03. The fraction of sp³-hybridized carbons (Fsp3) is 0. The van der Waals surface area contributed by atoms with E-state index in [0.29, 0.717) is 0 Å². The highest BCUT2D eigenvalue weighted by Crippen LogP contribution is 2.16. The largest absolute Gasteiger partial charge is 0.364 e. The van der Waals surface area contributed by atoms with Crippen LogP contribution in [-0.4, -0.2) is 15.9 Å². The van der Waals surface area contributed by atoms with Crippen molar-refractivity contribution in [1.82, 2.24) is 9.97 Å². The summed E-state index contributed by atoms with van der Waals surface area (Å²) in [5, 5.41) is 0. The SMILES string of the molecule is NC(=O)c1cc2ncsc2cn1. The topological polar surface area (TPSA) is 68.9 Å². The summed E-state index contributed by atoms with van der Waals surface area (Å²) in [5.74, 6) is -0.523. The highest BCUT2D eigenvalue weighted by molar-refractivity contribution is 7.16. The number of aromatic nitrogens is 2. The van der Waals surface area contributed by atoms with E-state index in [1.807, 2.05) is 0 Å². The molecule has 2 heterocycles. The molecule has 2 rings (SSSR count). The normalized spacial score (nSPS) is 10.3. The summed E-state index contributed by atoms with van der Waals surface area (Å²) in [4.78, 5) is 18.6. The van der Waals surface area contributed by atoms with E-state index in [-0.39, 0.29) is 5.69 Å². The van der Waals surface area contributed by atoms with E-state index in [4.69, 9.17) is 5.73 Å². The molecule has 0 aliphatic carbocycles. The lowest BCUT2D eigenvalue weighted by atomic mass is 10.3. The maximum atomic E-state index is 10.7. The van der Waals surface area contributed by atoms with Crippen LogP contribution in [0.15, 0.2) is 17.8 Å². The molecule has 0 unspecified atom stereocenters. The smallest absolute Gasteiger partial charge is 0.267 e. The van der Waals surface area contributed by atoms with Crippen molar-refractivity contribution in [2.24, 2.45) is 5.73 Å². The number of hydrogen-bond donors (Lipinski definition) is 1. The van der Waals surface area contributed by atoms with E-state index in [9.17, 15) is 4.79 Å². The molecule has 4 nitrogen and oxygen atoms in total. The zero-order chi connectivity index (χ0) is 8.55. The van der Waals surface area contributed by atoms with Crippen molar-refractivity contribution in [3.8, 4) is 0 Å². The van der Waals surface area contributed by atoms with Crippen molar-refractivity contribution in [1.29, 1.82) is 0 Å². The first-order chi connectivity index (χ1) is 5.77. The van der Waals surface area contributed by atoms with Crippen LogP contribution in [0.1, 0.15) is 10.5 Å². The third-order valence-electron chi connectivity index (χ3n) is 1.47. The number of primary amides is 1. The molecule has 1 amide bonds. The second-order valence-corrected chi connectivity index (χ2v) is 3.14. The number of pyridine rings is 1. The lowest BCUT2D eigenvalue weighted by Crippen LogP contribution is -2.12. The molecule has 0 atom stereocenters. The maximum absolute atomic E-state index is 10.7. The van der Waals surface area contributed by atoms with Crippen molar-refractivity contribution in [3.63, 3.8) is 0 Å². The molecule has 0 aromatic carbocycles. The van der Waals surface area contributed by atoms with Gasteiger partial charge in [-0.3, -0.25) is 4.79 Å². The molecule has 0 aliphatic heterocycles. The van der Waals surface area contributed by atoms with Crippen molar-refractivity contribution in [2.45, 2.75) is 0 Å². The number of nitrogens with zero attached hydrogens (tertiary/aromatic N) is 2. The fourth-order valence-electron chi connectivity index (χ4n) is 0.899. The average Bonchev–Trinajstić information content (AvgIpc) is 2.49. The Kier molecular flexibility index (Phi) is 1.51. The van der Waals surface area contributed by atoms with Crippen LogP contribution in [0.5, 0.6) is 0 Å². The van der Waals surface area contributed by atoms with Gasteiger partial charge in [0.25, 0.3) is 5.91 Å². The van der Waals surface area contributed by atoms with Crippen molar-refractivity contribution < 1.29 is 4.79 Å². The minimum absolute atomic E-state index is 0.258. The average molecular weight is 179 g/mol. The Labute approximate surface area is 72.1 Å². The molecule has 0 radical (unpaired) electrons. The van der Waals surface area contributed by atoms with Gasteiger partial charge >= 0.3 is 0 Å². The minimum Gasteiger partial charge on any atom is -0.364 e. The molecular formula is C7H5N3OS. The lowest BCUT2D eigenvalue weighted by Gasteiger charge is -1.92. The van der Waals surface area contributed by atoms with Crippen LogP contribution in [0.25, 0.3) is 10.2 Å². The molecule has 5 heteroatoms. The number of carbonyl (C=O) groups is 1. The predicted molar refractivity (Wildman–Crippen MR) is 45.9 cm³/mol. The van der Waals surface area contributed by atoms with Gasteiger partial charge in [0, 0.05) is 6.20 Å². The number of rotatable bonds is 1. The van der Waals surface area contributed by atoms with E-state index in [1.54, 1.807) is 17.8 Å². The summed E-state index contributed by atoms with van der Waals surface area (Å²) < 4.78 is 0.958.